The van der Waals surface area contributed by atoms with Crippen LogP contribution in [0.25, 0.3) is 0 Å². The first-order valence-corrected chi connectivity index (χ1v) is 7.49. The molecule has 1 aliphatic rings. The molecule has 1 aliphatic heterocycles. The zero-order valence-electron chi connectivity index (χ0n) is 14.4. The Morgan fingerprint density at radius 2 is 1.68 bits per heavy atom. The molecule has 0 unspecified atom stereocenters. The van der Waals surface area contributed by atoms with Crippen LogP contribution in [0.15, 0.2) is 5.10 Å². The van der Waals surface area contributed by atoms with Crippen molar-refractivity contribution in [2.45, 2.75) is 65.6 Å². The van der Waals surface area contributed by atoms with Gasteiger partial charge in [-0.25, -0.2) is 15.0 Å². The summed E-state index contributed by atoms with van der Waals surface area (Å²) in [6.45, 7) is 11.8. The van der Waals surface area contributed by atoms with E-state index in [2.05, 4.69) is 10.5 Å². The van der Waals surface area contributed by atoms with E-state index in [0.29, 0.717) is 13.1 Å². The molecule has 1 heterocycles. The molecule has 2 amide bonds. The van der Waals surface area contributed by atoms with Crippen LogP contribution in [0.4, 0.5) is 9.59 Å². The lowest BCUT2D eigenvalue weighted by atomic mass is 10.1. The van der Waals surface area contributed by atoms with Crippen LogP contribution < -0.4 is 5.43 Å². The third kappa shape index (κ3) is 7.28. The summed E-state index contributed by atoms with van der Waals surface area (Å²) in [5.41, 5.74) is 1.99. The molecule has 0 saturated carbocycles. The average molecular weight is 313 g/mol. The number of hydrogen-bond acceptors (Lipinski definition) is 5. The van der Waals surface area contributed by atoms with Gasteiger partial charge < -0.3 is 14.4 Å². The van der Waals surface area contributed by atoms with E-state index in [4.69, 9.17) is 9.47 Å². The fraction of sp³-hybridized carbons (Fsp3) is 0.800. The van der Waals surface area contributed by atoms with Crippen molar-refractivity contribution in [2.24, 2.45) is 5.10 Å². The van der Waals surface area contributed by atoms with E-state index in [9.17, 15) is 9.59 Å². The summed E-state index contributed by atoms with van der Waals surface area (Å²) in [6.07, 6.45) is 0.551. The van der Waals surface area contributed by atoms with E-state index in [1.165, 1.54) is 0 Å². The molecule has 0 bridgehead atoms. The third-order valence-electron chi connectivity index (χ3n) is 2.62. The first-order valence-electron chi connectivity index (χ1n) is 7.49. The van der Waals surface area contributed by atoms with Gasteiger partial charge in [0, 0.05) is 6.54 Å². The second-order valence-electron chi connectivity index (χ2n) is 7.30. The van der Waals surface area contributed by atoms with Crippen molar-refractivity contribution < 1.29 is 19.1 Å². The van der Waals surface area contributed by atoms with Crippen molar-refractivity contribution in [2.75, 3.05) is 13.1 Å². The third-order valence-corrected chi connectivity index (χ3v) is 2.62. The first-order chi connectivity index (χ1) is 9.96. The van der Waals surface area contributed by atoms with Gasteiger partial charge in [-0.3, -0.25) is 0 Å². The van der Waals surface area contributed by atoms with Crippen molar-refractivity contribution in [3.63, 3.8) is 0 Å². The Labute approximate surface area is 132 Å². The highest BCUT2D eigenvalue weighted by Crippen LogP contribution is 2.14. The Kier molecular flexibility index (Phi) is 5.79. The second-order valence-corrected chi connectivity index (χ2v) is 7.30. The van der Waals surface area contributed by atoms with Crippen LogP contribution in [-0.2, 0) is 9.47 Å². The van der Waals surface area contributed by atoms with E-state index in [1.54, 1.807) is 25.7 Å². The fourth-order valence-corrected chi connectivity index (χ4v) is 1.85. The minimum Gasteiger partial charge on any atom is -0.444 e. The summed E-state index contributed by atoms with van der Waals surface area (Å²) >= 11 is 0. The molecule has 1 rings (SSSR count). The van der Waals surface area contributed by atoms with Gasteiger partial charge in [-0.1, -0.05) is 0 Å². The molecule has 0 aromatic heterocycles. The number of rotatable bonds is 1. The molecule has 0 aliphatic carbocycles. The minimum atomic E-state index is -0.602. The maximum absolute atomic E-state index is 12.0. The highest BCUT2D eigenvalue weighted by Gasteiger charge is 2.26. The van der Waals surface area contributed by atoms with Gasteiger partial charge in [0.25, 0.3) is 0 Å². The van der Waals surface area contributed by atoms with Crippen LogP contribution in [0.3, 0.4) is 0 Å². The summed E-state index contributed by atoms with van der Waals surface area (Å²) in [5, 5.41) is 4.04. The van der Waals surface area contributed by atoms with E-state index in [1.807, 2.05) is 20.8 Å². The number of nitrogens with zero attached hydrogens (tertiary/aromatic N) is 2. The van der Waals surface area contributed by atoms with Gasteiger partial charge in [0.15, 0.2) is 0 Å². The zero-order chi connectivity index (χ0) is 17.0. The molecule has 1 N–H and O–H groups in total. The summed E-state index contributed by atoms with van der Waals surface area (Å²) in [6, 6.07) is 0. The monoisotopic (exact) mass is 313 g/mol. The molecule has 0 radical (unpaired) electrons. The zero-order valence-corrected chi connectivity index (χ0v) is 14.4. The van der Waals surface area contributed by atoms with Crippen LogP contribution >= 0.6 is 0 Å². The molecular weight excluding hydrogens is 286 g/mol. The van der Waals surface area contributed by atoms with Gasteiger partial charge in [-0.15, -0.1) is 0 Å². The maximum Gasteiger partial charge on any atom is 0.428 e. The highest BCUT2D eigenvalue weighted by atomic mass is 16.6. The highest BCUT2D eigenvalue weighted by molar-refractivity contribution is 5.90. The van der Waals surface area contributed by atoms with E-state index in [0.717, 1.165) is 18.6 Å². The van der Waals surface area contributed by atoms with Crippen molar-refractivity contribution >= 4 is 17.9 Å². The lowest BCUT2D eigenvalue weighted by Crippen LogP contribution is -2.43. The van der Waals surface area contributed by atoms with Crippen LogP contribution in [0.2, 0.25) is 0 Å². The predicted molar refractivity (Wildman–Crippen MR) is 83.8 cm³/mol. The normalized spacial score (nSPS) is 18.1. The van der Waals surface area contributed by atoms with E-state index < -0.39 is 17.3 Å². The van der Waals surface area contributed by atoms with Crippen LogP contribution in [0, 0.1) is 0 Å². The van der Waals surface area contributed by atoms with E-state index in [-0.39, 0.29) is 6.09 Å². The quantitative estimate of drug-likeness (QED) is 0.755. The van der Waals surface area contributed by atoms with Crippen molar-refractivity contribution in [3.05, 3.63) is 0 Å². The largest absolute Gasteiger partial charge is 0.444 e. The number of hydrazone groups is 1. The van der Waals surface area contributed by atoms with Crippen LogP contribution in [0.5, 0.6) is 0 Å². The Morgan fingerprint density at radius 1 is 1.09 bits per heavy atom. The summed E-state index contributed by atoms with van der Waals surface area (Å²) in [4.78, 5) is 25.2. The lowest BCUT2D eigenvalue weighted by Gasteiger charge is -2.30. The molecule has 126 valence electrons. The molecule has 0 aromatic carbocycles. The summed E-state index contributed by atoms with van der Waals surface area (Å²) in [5.74, 6) is 0. The standard InChI is InChI=1S/C15H27N3O4/c1-14(2,3)21-12(19)17-16-11-8-7-9-18(10-11)13(20)22-15(4,5)6/h7-10H2,1-6H3,(H,17,19)/b16-11+. The second kappa shape index (κ2) is 6.98. The van der Waals surface area contributed by atoms with Gasteiger partial charge >= 0.3 is 12.2 Å². The Morgan fingerprint density at radius 3 is 2.23 bits per heavy atom. The summed E-state index contributed by atoms with van der Waals surface area (Å²) in [7, 11) is 0. The van der Waals surface area contributed by atoms with Gasteiger partial charge in [0.1, 0.15) is 11.2 Å². The van der Waals surface area contributed by atoms with Crippen molar-refractivity contribution in [3.8, 4) is 0 Å². The number of carbonyl (C=O) groups excluding carboxylic acids is 2. The average Bonchev–Trinajstić information content (AvgIpc) is 2.32. The number of hydrogen-bond donors (Lipinski definition) is 1. The first kappa shape index (κ1) is 18.3. The molecule has 1 saturated heterocycles. The Bertz CT molecular complexity index is 447. The number of likely N-dealkylation sites (tertiary alicyclic amines) is 1. The Hall–Kier alpha value is -1.79. The molecule has 0 aromatic rings. The van der Waals surface area contributed by atoms with Crippen molar-refractivity contribution in [1.29, 1.82) is 0 Å². The number of nitrogens with one attached hydrogen (secondary N) is 1. The van der Waals surface area contributed by atoms with Crippen molar-refractivity contribution in [1.82, 2.24) is 10.3 Å². The molecule has 22 heavy (non-hydrogen) atoms. The van der Waals surface area contributed by atoms with Gasteiger partial charge in [0.05, 0.1) is 12.3 Å². The molecular formula is C15H27N3O4. The summed E-state index contributed by atoms with van der Waals surface area (Å²) < 4.78 is 10.4. The van der Waals surface area contributed by atoms with Gasteiger partial charge in [0.2, 0.25) is 0 Å². The molecule has 0 spiro atoms. The molecule has 0 atom stereocenters. The minimum absolute atomic E-state index is 0.352. The molecule has 7 nitrogen and oxygen atoms in total. The fourth-order valence-electron chi connectivity index (χ4n) is 1.85. The topological polar surface area (TPSA) is 80.2 Å². The number of amides is 2. The Balaban J connectivity index is 2.54. The number of piperidine rings is 1. The van der Waals surface area contributed by atoms with Gasteiger partial charge in [-0.2, -0.15) is 5.10 Å². The van der Waals surface area contributed by atoms with Crippen LogP contribution in [0.1, 0.15) is 54.4 Å². The SMILES string of the molecule is CC(C)(C)OC(=O)N/N=C1\CCCN(C(=O)OC(C)(C)C)C1. The smallest absolute Gasteiger partial charge is 0.428 e. The maximum atomic E-state index is 12.0. The number of ether oxygens (including phenoxy) is 2. The van der Waals surface area contributed by atoms with Gasteiger partial charge in [-0.05, 0) is 54.4 Å². The predicted octanol–water partition coefficient (Wildman–Crippen LogP) is 2.90. The van der Waals surface area contributed by atoms with E-state index >= 15 is 0 Å². The van der Waals surface area contributed by atoms with Crippen LogP contribution in [-0.4, -0.2) is 47.1 Å². The molecule has 7 heteroatoms. The number of carbonyl (C=O) groups is 2. The molecule has 1 fully saturated rings. The lowest BCUT2D eigenvalue weighted by molar-refractivity contribution is 0.0266.